The second-order valence-electron chi connectivity index (χ2n) is 7.91. The van der Waals surface area contributed by atoms with Gasteiger partial charge >= 0.3 is 0 Å². The molecule has 2 heterocycles. The molecule has 158 valence electrons. The summed E-state index contributed by atoms with van der Waals surface area (Å²) in [5.41, 5.74) is 1.26. The molecular formula is C22H33N5O2. The van der Waals surface area contributed by atoms with Crippen LogP contribution in [0.3, 0.4) is 0 Å². The van der Waals surface area contributed by atoms with Crippen molar-refractivity contribution in [3.63, 3.8) is 0 Å². The summed E-state index contributed by atoms with van der Waals surface area (Å²) >= 11 is 0. The molecular weight excluding hydrogens is 366 g/mol. The van der Waals surface area contributed by atoms with Crippen LogP contribution < -0.4 is 4.74 Å². The summed E-state index contributed by atoms with van der Waals surface area (Å²) in [7, 11) is 3.67. The Bertz CT molecular complexity index is 749. The molecule has 1 amide bonds. The summed E-state index contributed by atoms with van der Waals surface area (Å²) < 4.78 is 7.24. The van der Waals surface area contributed by atoms with Gasteiger partial charge in [0.05, 0.1) is 7.11 Å². The molecule has 1 aromatic carbocycles. The van der Waals surface area contributed by atoms with E-state index in [-0.39, 0.29) is 5.91 Å². The molecule has 0 N–H and O–H groups in total. The molecule has 0 aliphatic carbocycles. The SMILES string of the molecule is COc1ccccc1CCN1CCCC(CN(C)C(=O)CCCn2cncn2)C1. The number of carbonyl (C=O) groups is 1. The van der Waals surface area contributed by atoms with Crippen molar-refractivity contribution in [2.75, 3.05) is 40.3 Å². The highest BCUT2D eigenvalue weighted by Crippen LogP contribution is 2.21. The zero-order valence-electron chi connectivity index (χ0n) is 17.7. The van der Waals surface area contributed by atoms with Crippen molar-refractivity contribution >= 4 is 5.91 Å². The second kappa shape index (κ2) is 11.0. The van der Waals surface area contributed by atoms with E-state index in [0.717, 1.165) is 51.3 Å². The summed E-state index contributed by atoms with van der Waals surface area (Å²) in [6.07, 6.45) is 7.95. The van der Waals surface area contributed by atoms with Gasteiger partial charge in [0.2, 0.25) is 5.91 Å². The van der Waals surface area contributed by atoms with Gasteiger partial charge in [-0.05, 0) is 49.8 Å². The number of methoxy groups -OCH3 is 1. The van der Waals surface area contributed by atoms with E-state index in [2.05, 4.69) is 27.1 Å². The van der Waals surface area contributed by atoms with E-state index >= 15 is 0 Å². The lowest BCUT2D eigenvalue weighted by Crippen LogP contribution is -2.42. The maximum absolute atomic E-state index is 12.5. The van der Waals surface area contributed by atoms with Gasteiger partial charge in [-0.15, -0.1) is 0 Å². The van der Waals surface area contributed by atoms with E-state index in [1.807, 2.05) is 24.1 Å². The summed E-state index contributed by atoms with van der Waals surface area (Å²) in [6.45, 7) is 4.81. The minimum absolute atomic E-state index is 0.219. The number of aromatic nitrogens is 3. The van der Waals surface area contributed by atoms with Gasteiger partial charge in [-0.25, -0.2) is 4.98 Å². The van der Waals surface area contributed by atoms with Gasteiger partial charge in [0.25, 0.3) is 0 Å². The molecule has 1 aliphatic heterocycles. The van der Waals surface area contributed by atoms with Crippen LogP contribution in [0, 0.1) is 5.92 Å². The van der Waals surface area contributed by atoms with E-state index in [1.54, 1.807) is 18.1 Å². The number of para-hydroxylation sites is 1. The topological polar surface area (TPSA) is 63.5 Å². The first-order valence-electron chi connectivity index (χ1n) is 10.6. The molecule has 1 aliphatic rings. The van der Waals surface area contributed by atoms with E-state index in [1.165, 1.54) is 24.7 Å². The van der Waals surface area contributed by atoms with Crippen LogP contribution in [0.5, 0.6) is 5.75 Å². The Balaban J connectivity index is 1.39. The molecule has 0 radical (unpaired) electrons. The lowest BCUT2D eigenvalue weighted by molar-refractivity contribution is -0.130. The zero-order valence-corrected chi connectivity index (χ0v) is 17.7. The van der Waals surface area contributed by atoms with Crippen molar-refractivity contribution in [3.05, 3.63) is 42.5 Å². The fourth-order valence-electron chi connectivity index (χ4n) is 4.11. The normalized spacial score (nSPS) is 17.2. The van der Waals surface area contributed by atoms with Crippen LogP contribution in [0.2, 0.25) is 0 Å². The van der Waals surface area contributed by atoms with Gasteiger partial charge in [0.15, 0.2) is 0 Å². The number of nitrogens with zero attached hydrogens (tertiary/aromatic N) is 5. The number of aryl methyl sites for hydroxylation is 1. The van der Waals surface area contributed by atoms with Crippen LogP contribution in [0.1, 0.15) is 31.2 Å². The summed E-state index contributed by atoms with van der Waals surface area (Å²) in [6, 6.07) is 8.25. The molecule has 0 saturated carbocycles. The molecule has 1 atom stereocenters. The Hall–Kier alpha value is -2.41. The summed E-state index contributed by atoms with van der Waals surface area (Å²) in [5, 5.41) is 4.08. The highest BCUT2D eigenvalue weighted by Gasteiger charge is 2.22. The molecule has 7 heteroatoms. The average molecular weight is 400 g/mol. The molecule has 0 spiro atoms. The molecule has 29 heavy (non-hydrogen) atoms. The predicted molar refractivity (Wildman–Crippen MR) is 113 cm³/mol. The zero-order chi connectivity index (χ0) is 20.5. The molecule has 1 aromatic heterocycles. The van der Waals surface area contributed by atoms with Crippen LogP contribution in [0.15, 0.2) is 36.9 Å². The van der Waals surface area contributed by atoms with Crippen LogP contribution in [-0.4, -0.2) is 70.8 Å². The van der Waals surface area contributed by atoms with Gasteiger partial charge < -0.3 is 14.5 Å². The fourth-order valence-corrected chi connectivity index (χ4v) is 4.11. The maximum atomic E-state index is 12.5. The molecule has 7 nitrogen and oxygen atoms in total. The highest BCUT2D eigenvalue weighted by atomic mass is 16.5. The molecule has 1 fully saturated rings. The molecule has 2 aromatic rings. The Morgan fingerprint density at radius 1 is 1.31 bits per heavy atom. The third-order valence-electron chi connectivity index (χ3n) is 5.70. The standard InChI is InChI=1S/C22H33N5O2/c1-25(22(28)10-6-13-27-18-23-17-24-27)15-19-7-5-12-26(16-19)14-11-20-8-3-4-9-21(20)29-2/h3-4,8-9,17-19H,5-7,10-16H2,1-2H3. The van der Waals surface area contributed by atoms with Gasteiger partial charge in [0, 0.05) is 39.6 Å². The number of benzene rings is 1. The quantitative estimate of drug-likeness (QED) is 0.614. The number of likely N-dealkylation sites (tertiary alicyclic amines) is 1. The largest absolute Gasteiger partial charge is 0.496 e. The van der Waals surface area contributed by atoms with Gasteiger partial charge in [-0.1, -0.05) is 18.2 Å². The van der Waals surface area contributed by atoms with E-state index < -0.39 is 0 Å². The predicted octanol–water partition coefficient (Wildman–Crippen LogP) is 2.48. The summed E-state index contributed by atoms with van der Waals surface area (Å²) in [4.78, 5) is 20.8. The van der Waals surface area contributed by atoms with Gasteiger partial charge in [0.1, 0.15) is 18.4 Å². The molecule has 3 rings (SSSR count). The third kappa shape index (κ3) is 6.56. The Labute approximate surface area is 173 Å². The average Bonchev–Trinajstić information content (AvgIpc) is 3.26. The number of hydrogen-bond donors (Lipinski definition) is 0. The third-order valence-corrected chi connectivity index (χ3v) is 5.70. The van der Waals surface area contributed by atoms with Crippen molar-refractivity contribution in [3.8, 4) is 5.75 Å². The minimum atomic E-state index is 0.219. The maximum Gasteiger partial charge on any atom is 0.222 e. The van der Waals surface area contributed by atoms with Crippen molar-refractivity contribution in [2.45, 2.75) is 38.6 Å². The van der Waals surface area contributed by atoms with Gasteiger partial charge in [-0.2, -0.15) is 5.10 Å². The minimum Gasteiger partial charge on any atom is -0.496 e. The van der Waals surface area contributed by atoms with Crippen LogP contribution in [0.25, 0.3) is 0 Å². The number of hydrogen-bond acceptors (Lipinski definition) is 5. The smallest absolute Gasteiger partial charge is 0.222 e. The lowest BCUT2D eigenvalue weighted by atomic mass is 9.97. The molecule has 1 saturated heterocycles. The molecule has 0 bridgehead atoms. The monoisotopic (exact) mass is 399 g/mol. The number of amides is 1. The van der Waals surface area contributed by atoms with E-state index in [0.29, 0.717) is 12.3 Å². The fraction of sp³-hybridized carbons (Fsp3) is 0.591. The highest BCUT2D eigenvalue weighted by molar-refractivity contribution is 5.75. The Morgan fingerprint density at radius 3 is 2.97 bits per heavy atom. The first-order chi connectivity index (χ1) is 14.2. The number of ether oxygens (including phenoxy) is 1. The first-order valence-corrected chi connectivity index (χ1v) is 10.6. The number of piperidine rings is 1. The Kier molecular flexibility index (Phi) is 8.04. The molecule has 1 unspecified atom stereocenters. The number of carbonyl (C=O) groups excluding carboxylic acids is 1. The van der Waals surface area contributed by atoms with E-state index in [9.17, 15) is 4.79 Å². The first kappa shape index (κ1) is 21.3. The van der Waals surface area contributed by atoms with Crippen molar-refractivity contribution in [1.29, 1.82) is 0 Å². The van der Waals surface area contributed by atoms with Crippen LogP contribution in [-0.2, 0) is 17.8 Å². The van der Waals surface area contributed by atoms with Crippen LogP contribution in [0.4, 0.5) is 0 Å². The second-order valence-corrected chi connectivity index (χ2v) is 7.91. The Morgan fingerprint density at radius 2 is 2.17 bits per heavy atom. The van der Waals surface area contributed by atoms with E-state index in [4.69, 9.17) is 4.74 Å². The summed E-state index contributed by atoms with van der Waals surface area (Å²) in [5.74, 6) is 1.74. The van der Waals surface area contributed by atoms with Crippen molar-refractivity contribution in [1.82, 2.24) is 24.6 Å². The van der Waals surface area contributed by atoms with Gasteiger partial charge in [-0.3, -0.25) is 9.48 Å². The van der Waals surface area contributed by atoms with Crippen LogP contribution >= 0.6 is 0 Å². The van der Waals surface area contributed by atoms with Crippen molar-refractivity contribution in [2.24, 2.45) is 5.92 Å². The lowest BCUT2D eigenvalue weighted by Gasteiger charge is -2.35. The number of rotatable bonds is 10. The van der Waals surface area contributed by atoms with Crippen molar-refractivity contribution < 1.29 is 9.53 Å².